The molecule has 1 saturated heterocycles. The number of aromatic hydroxyl groups is 1. The third kappa shape index (κ3) is 2.67. The topological polar surface area (TPSA) is 61.4 Å². The largest absolute Gasteiger partial charge is 0.506 e. The number of carbonyl (C=O) groups excluding carboxylic acids is 1. The summed E-state index contributed by atoms with van der Waals surface area (Å²) in [6.07, 6.45) is 1.64. The number of hydrogen-bond acceptors (Lipinski definition) is 3. The van der Waals surface area contributed by atoms with Crippen molar-refractivity contribution in [2.45, 2.75) is 0 Å². The highest BCUT2D eigenvalue weighted by Crippen LogP contribution is 2.33. The Balaban J connectivity index is 2.40. The first-order valence-electron chi connectivity index (χ1n) is 4.49. The molecule has 1 aliphatic heterocycles. The van der Waals surface area contributed by atoms with Gasteiger partial charge in [0.25, 0.3) is 5.91 Å². The van der Waals surface area contributed by atoms with E-state index in [0.717, 1.165) is 5.56 Å². The zero-order chi connectivity index (χ0) is 12.6. The lowest BCUT2D eigenvalue weighted by Crippen LogP contribution is -2.21. The number of carbonyl (C=O) groups is 1. The Labute approximate surface area is 119 Å². The van der Waals surface area contributed by atoms with E-state index in [1.165, 1.54) is 0 Å². The van der Waals surface area contributed by atoms with E-state index in [0.29, 0.717) is 14.6 Å². The van der Waals surface area contributed by atoms with Gasteiger partial charge in [-0.25, -0.2) is 0 Å². The van der Waals surface area contributed by atoms with Crippen molar-refractivity contribution in [3.63, 3.8) is 0 Å². The first kappa shape index (κ1) is 12.5. The number of hydrogen-bond donors (Lipinski definition) is 3. The summed E-state index contributed by atoms with van der Waals surface area (Å²) in [6.45, 7) is 0. The first-order valence-corrected chi connectivity index (χ1v) is 6.49. The van der Waals surface area contributed by atoms with Crippen LogP contribution in [-0.4, -0.2) is 16.1 Å². The van der Waals surface area contributed by atoms with E-state index in [1.807, 2.05) is 0 Å². The van der Waals surface area contributed by atoms with Crippen LogP contribution in [-0.2, 0) is 4.79 Å². The monoisotopic (exact) mass is 376 g/mol. The van der Waals surface area contributed by atoms with Gasteiger partial charge in [0.05, 0.1) is 8.95 Å². The van der Waals surface area contributed by atoms with E-state index < -0.39 is 0 Å². The van der Waals surface area contributed by atoms with Crippen LogP contribution >= 0.6 is 44.1 Å². The Morgan fingerprint density at radius 3 is 2.29 bits per heavy atom. The maximum atomic E-state index is 11.4. The lowest BCUT2D eigenvalue weighted by Gasteiger charge is -2.03. The Kier molecular flexibility index (Phi) is 3.50. The van der Waals surface area contributed by atoms with Gasteiger partial charge in [-0.2, -0.15) is 0 Å². The number of phenolic OH excluding ortho intramolecular Hbond substituents is 1. The molecule has 0 radical (unpaired) electrons. The van der Waals surface area contributed by atoms with E-state index in [4.69, 9.17) is 12.2 Å². The van der Waals surface area contributed by atoms with Gasteiger partial charge in [-0.1, -0.05) is 0 Å². The van der Waals surface area contributed by atoms with Crippen molar-refractivity contribution in [1.82, 2.24) is 10.6 Å². The predicted molar refractivity (Wildman–Crippen MR) is 75.4 cm³/mol. The summed E-state index contributed by atoms with van der Waals surface area (Å²) in [7, 11) is 0. The predicted octanol–water partition coefficient (Wildman–Crippen LogP) is 2.26. The number of phenols is 1. The third-order valence-electron chi connectivity index (χ3n) is 2.07. The van der Waals surface area contributed by atoms with Gasteiger partial charge in [0.1, 0.15) is 11.4 Å². The van der Waals surface area contributed by atoms with Gasteiger partial charge < -0.3 is 10.4 Å². The summed E-state index contributed by atoms with van der Waals surface area (Å²) in [5, 5.41) is 15.1. The Morgan fingerprint density at radius 1 is 1.24 bits per heavy atom. The molecular weight excluding hydrogens is 372 g/mol. The minimum atomic E-state index is -0.268. The van der Waals surface area contributed by atoms with Crippen molar-refractivity contribution in [2.24, 2.45) is 0 Å². The molecule has 1 amide bonds. The van der Waals surface area contributed by atoms with E-state index >= 15 is 0 Å². The highest BCUT2D eigenvalue weighted by Gasteiger charge is 2.20. The van der Waals surface area contributed by atoms with Crippen LogP contribution in [0.3, 0.4) is 0 Å². The Bertz CT molecular complexity index is 534. The van der Waals surface area contributed by atoms with Crippen LogP contribution in [0.4, 0.5) is 0 Å². The van der Waals surface area contributed by atoms with Crippen molar-refractivity contribution in [2.75, 3.05) is 0 Å². The zero-order valence-electron chi connectivity index (χ0n) is 8.25. The summed E-state index contributed by atoms with van der Waals surface area (Å²) in [5.74, 6) is -0.151. The van der Waals surface area contributed by atoms with E-state index in [-0.39, 0.29) is 16.8 Å². The average Bonchev–Trinajstić information content (AvgIpc) is 2.54. The van der Waals surface area contributed by atoms with Crippen molar-refractivity contribution in [3.05, 3.63) is 32.3 Å². The summed E-state index contributed by atoms with van der Waals surface area (Å²) < 4.78 is 1.08. The van der Waals surface area contributed by atoms with Crippen LogP contribution in [0.5, 0.6) is 5.75 Å². The molecule has 0 spiro atoms. The van der Waals surface area contributed by atoms with E-state index in [9.17, 15) is 9.90 Å². The highest BCUT2D eigenvalue weighted by atomic mass is 79.9. The van der Waals surface area contributed by atoms with Crippen molar-refractivity contribution >= 4 is 61.2 Å². The summed E-state index contributed by atoms with van der Waals surface area (Å²) in [4.78, 5) is 11.4. The quantitative estimate of drug-likeness (QED) is 0.519. The fourth-order valence-corrected chi connectivity index (χ4v) is 2.74. The van der Waals surface area contributed by atoms with Crippen molar-refractivity contribution in [3.8, 4) is 5.75 Å². The highest BCUT2D eigenvalue weighted by molar-refractivity contribution is 9.11. The molecule has 0 aromatic heterocycles. The molecule has 0 aliphatic carbocycles. The molecule has 4 nitrogen and oxygen atoms in total. The molecule has 0 saturated carbocycles. The van der Waals surface area contributed by atoms with Crippen molar-refractivity contribution < 1.29 is 9.90 Å². The fraction of sp³-hybridized carbons (Fsp3) is 0. The van der Waals surface area contributed by atoms with Crippen LogP contribution in [0.15, 0.2) is 26.8 Å². The van der Waals surface area contributed by atoms with Gasteiger partial charge in [-0.3, -0.25) is 10.1 Å². The van der Waals surface area contributed by atoms with E-state index in [1.54, 1.807) is 18.2 Å². The maximum absolute atomic E-state index is 11.4. The normalized spacial score (nSPS) is 17.2. The van der Waals surface area contributed by atoms with Gasteiger partial charge >= 0.3 is 0 Å². The number of thiocarbonyl (C=S) groups is 1. The molecule has 0 atom stereocenters. The fourth-order valence-electron chi connectivity index (χ4n) is 1.32. The van der Waals surface area contributed by atoms with Gasteiger partial charge in [0.15, 0.2) is 5.11 Å². The molecule has 0 bridgehead atoms. The number of halogens is 2. The average molecular weight is 378 g/mol. The number of rotatable bonds is 1. The lowest BCUT2D eigenvalue weighted by atomic mass is 10.2. The number of amides is 1. The van der Waals surface area contributed by atoms with E-state index in [2.05, 4.69) is 42.5 Å². The van der Waals surface area contributed by atoms with Gasteiger partial charge in [-0.15, -0.1) is 0 Å². The second-order valence-corrected chi connectivity index (χ2v) is 5.42. The minimum absolute atomic E-state index is 0.117. The van der Waals surface area contributed by atoms with Crippen LogP contribution in [0.1, 0.15) is 5.56 Å². The molecule has 17 heavy (non-hydrogen) atoms. The molecule has 3 N–H and O–H groups in total. The second kappa shape index (κ2) is 4.75. The maximum Gasteiger partial charge on any atom is 0.273 e. The third-order valence-corrected chi connectivity index (χ3v) is 3.48. The molecule has 0 unspecified atom stereocenters. The second-order valence-electron chi connectivity index (χ2n) is 3.30. The molecule has 1 fully saturated rings. The molecule has 1 aromatic rings. The molecular formula is C10H6Br2N2O2S. The standard InChI is InChI=1S/C10H6Br2N2O2S/c11-5-1-4(2-6(12)8(5)15)3-7-9(16)14-10(17)13-7/h1-3,15H,(H2,13,14,16,17)/b7-3+. The summed E-state index contributed by atoms with van der Waals surface area (Å²) in [6, 6.07) is 3.40. The number of nitrogens with one attached hydrogen (secondary N) is 2. The smallest absolute Gasteiger partial charge is 0.273 e. The van der Waals surface area contributed by atoms with Gasteiger partial charge in [0.2, 0.25) is 0 Å². The first-order chi connectivity index (χ1) is 7.97. The van der Waals surface area contributed by atoms with Gasteiger partial charge in [-0.05, 0) is 67.8 Å². The van der Waals surface area contributed by atoms with Gasteiger partial charge in [0, 0.05) is 0 Å². The summed E-state index contributed by atoms with van der Waals surface area (Å²) >= 11 is 11.3. The van der Waals surface area contributed by atoms with Crippen LogP contribution in [0.2, 0.25) is 0 Å². The zero-order valence-corrected chi connectivity index (χ0v) is 12.2. The van der Waals surface area contributed by atoms with Crippen LogP contribution in [0, 0.1) is 0 Å². The van der Waals surface area contributed by atoms with Crippen molar-refractivity contribution in [1.29, 1.82) is 0 Å². The Morgan fingerprint density at radius 2 is 1.82 bits per heavy atom. The van der Waals surface area contributed by atoms with Crippen LogP contribution in [0.25, 0.3) is 6.08 Å². The Hall–Kier alpha value is -0.920. The number of benzene rings is 1. The van der Waals surface area contributed by atoms with Crippen LogP contribution < -0.4 is 10.6 Å². The molecule has 1 aromatic carbocycles. The molecule has 2 rings (SSSR count). The molecule has 7 heteroatoms. The minimum Gasteiger partial charge on any atom is -0.506 e. The lowest BCUT2D eigenvalue weighted by molar-refractivity contribution is -0.115. The summed E-state index contributed by atoms with van der Waals surface area (Å²) in [5.41, 5.74) is 1.13. The molecule has 1 heterocycles. The SMILES string of the molecule is O=C1NC(=S)N/C1=C/c1cc(Br)c(O)c(Br)c1. The molecule has 88 valence electrons. The molecule has 1 aliphatic rings.